The lowest BCUT2D eigenvalue weighted by Crippen LogP contribution is -2.08. The molecule has 1 aromatic heterocycles. The molecule has 0 bridgehead atoms. The molecule has 4 nitrogen and oxygen atoms in total. The zero-order valence-corrected chi connectivity index (χ0v) is 8.84. The number of halogens is 1. The number of aromatic nitrogens is 1. The molecule has 3 N–H and O–H groups in total. The summed E-state index contributed by atoms with van der Waals surface area (Å²) in [6.45, 7) is 1.60. The molecule has 1 aromatic rings. The van der Waals surface area contributed by atoms with Gasteiger partial charge in [0.25, 0.3) is 0 Å². The van der Waals surface area contributed by atoms with Crippen molar-refractivity contribution in [1.82, 2.24) is 4.98 Å². The highest BCUT2D eigenvalue weighted by molar-refractivity contribution is 6.45. The lowest BCUT2D eigenvalue weighted by molar-refractivity contribution is 1.22. The number of nitrogens with one attached hydrogen (secondary N) is 1. The van der Waals surface area contributed by atoms with Crippen molar-refractivity contribution in [2.24, 2.45) is 5.73 Å². The predicted octanol–water partition coefficient (Wildman–Crippen LogP) is 1.75. The number of nitrogens with two attached hydrogens (primary N) is 1. The Balaban J connectivity index is 3.14. The number of pyridine rings is 1. The van der Waals surface area contributed by atoms with Crippen molar-refractivity contribution in [3.05, 3.63) is 40.3 Å². The highest BCUT2D eigenvalue weighted by atomic mass is 35.5. The molecule has 15 heavy (non-hydrogen) atoms. The zero-order valence-electron chi connectivity index (χ0n) is 8.08. The third-order valence-electron chi connectivity index (χ3n) is 1.69. The maximum atomic E-state index is 8.64. The topological polar surface area (TPSA) is 86.5 Å². The Morgan fingerprint density at radius 1 is 1.60 bits per heavy atom. The summed E-state index contributed by atoms with van der Waals surface area (Å²) in [6.07, 6.45) is 0. The molecule has 0 unspecified atom stereocenters. The molecule has 0 atom stereocenters. The Labute approximate surface area is 92.5 Å². The quantitative estimate of drug-likeness (QED) is 0.745. The zero-order chi connectivity index (χ0) is 11.4. The molecule has 1 heterocycles. The van der Waals surface area contributed by atoms with Crippen LogP contribution in [0.15, 0.2) is 28.9 Å². The number of allylic oxidation sites excluding steroid dienone is 2. The van der Waals surface area contributed by atoms with Crippen molar-refractivity contribution >= 4 is 17.3 Å². The largest absolute Gasteiger partial charge is 0.401 e. The van der Waals surface area contributed by atoms with Gasteiger partial charge in [-0.1, -0.05) is 17.7 Å². The molecule has 0 aliphatic rings. The standard InChI is InChI=1S/C10H9ClN4/c1-6(13)9(11)10(14)8-4-2-3-7(5-12)15-8/h2-4,14H,13H2,1H3/b9-6+,14-10?. The first-order valence-corrected chi connectivity index (χ1v) is 4.52. The number of nitriles is 1. The van der Waals surface area contributed by atoms with Crippen LogP contribution in [-0.4, -0.2) is 10.7 Å². The van der Waals surface area contributed by atoms with Crippen LogP contribution in [0.5, 0.6) is 0 Å². The molecule has 0 aliphatic heterocycles. The minimum Gasteiger partial charge on any atom is -0.401 e. The van der Waals surface area contributed by atoms with E-state index in [0.717, 1.165) is 0 Å². The molecule has 0 spiro atoms. The normalized spacial score (nSPS) is 11.5. The van der Waals surface area contributed by atoms with E-state index in [-0.39, 0.29) is 16.4 Å². The number of hydrogen-bond acceptors (Lipinski definition) is 4. The van der Waals surface area contributed by atoms with Gasteiger partial charge in [0.05, 0.1) is 10.7 Å². The van der Waals surface area contributed by atoms with Crippen molar-refractivity contribution in [2.75, 3.05) is 0 Å². The van der Waals surface area contributed by atoms with E-state index in [1.165, 1.54) is 0 Å². The van der Waals surface area contributed by atoms with Crippen molar-refractivity contribution < 1.29 is 0 Å². The van der Waals surface area contributed by atoms with Gasteiger partial charge in [-0.3, -0.25) is 5.41 Å². The smallest absolute Gasteiger partial charge is 0.141 e. The molecular formula is C10H9ClN4. The van der Waals surface area contributed by atoms with Gasteiger partial charge >= 0.3 is 0 Å². The summed E-state index contributed by atoms with van der Waals surface area (Å²) in [5.41, 5.74) is 6.42. The number of hydrogen-bond donors (Lipinski definition) is 2. The van der Waals surface area contributed by atoms with Gasteiger partial charge in [-0.2, -0.15) is 5.26 Å². The van der Waals surface area contributed by atoms with Gasteiger partial charge in [0.1, 0.15) is 17.5 Å². The van der Waals surface area contributed by atoms with E-state index < -0.39 is 0 Å². The SMILES string of the molecule is C/C(N)=C(\Cl)C(=N)c1cccc(C#N)n1. The van der Waals surface area contributed by atoms with Crippen LogP contribution in [0.4, 0.5) is 0 Å². The van der Waals surface area contributed by atoms with E-state index in [9.17, 15) is 0 Å². The first-order valence-electron chi connectivity index (χ1n) is 4.14. The van der Waals surface area contributed by atoms with Crippen molar-refractivity contribution in [3.63, 3.8) is 0 Å². The fourth-order valence-electron chi connectivity index (χ4n) is 0.946. The van der Waals surface area contributed by atoms with Crippen LogP contribution in [0.25, 0.3) is 0 Å². The van der Waals surface area contributed by atoms with Gasteiger partial charge in [-0.15, -0.1) is 0 Å². The summed E-state index contributed by atoms with van der Waals surface area (Å²) in [4.78, 5) is 3.93. The Bertz CT molecular complexity index is 467. The lowest BCUT2D eigenvalue weighted by atomic mass is 10.2. The molecule has 0 aromatic carbocycles. The highest BCUT2D eigenvalue weighted by Crippen LogP contribution is 2.12. The summed E-state index contributed by atoms with van der Waals surface area (Å²) < 4.78 is 0. The molecule has 5 heteroatoms. The maximum Gasteiger partial charge on any atom is 0.141 e. The third-order valence-corrected chi connectivity index (χ3v) is 2.17. The van der Waals surface area contributed by atoms with Crippen LogP contribution in [-0.2, 0) is 0 Å². The van der Waals surface area contributed by atoms with E-state index in [0.29, 0.717) is 11.4 Å². The Morgan fingerprint density at radius 3 is 2.80 bits per heavy atom. The monoisotopic (exact) mass is 220 g/mol. The highest BCUT2D eigenvalue weighted by Gasteiger charge is 2.09. The lowest BCUT2D eigenvalue weighted by Gasteiger charge is -2.03. The fourth-order valence-corrected chi connectivity index (χ4v) is 1.04. The van der Waals surface area contributed by atoms with Crippen LogP contribution >= 0.6 is 11.6 Å². The third kappa shape index (κ3) is 2.55. The molecule has 0 radical (unpaired) electrons. The summed E-state index contributed by atoms with van der Waals surface area (Å²) in [5, 5.41) is 16.5. The van der Waals surface area contributed by atoms with Crippen LogP contribution in [0, 0.1) is 16.7 Å². The molecule has 0 fully saturated rings. The average Bonchev–Trinajstić information content (AvgIpc) is 2.27. The first-order chi connectivity index (χ1) is 7.06. The molecular weight excluding hydrogens is 212 g/mol. The summed E-state index contributed by atoms with van der Waals surface area (Å²) >= 11 is 5.80. The van der Waals surface area contributed by atoms with Gasteiger partial charge in [0.15, 0.2) is 0 Å². The average molecular weight is 221 g/mol. The van der Waals surface area contributed by atoms with Crippen molar-refractivity contribution in [2.45, 2.75) is 6.92 Å². The maximum absolute atomic E-state index is 8.64. The van der Waals surface area contributed by atoms with Crippen LogP contribution in [0.1, 0.15) is 18.3 Å². The minimum atomic E-state index is 0.0220. The Hall–Kier alpha value is -1.86. The summed E-state index contributed by atoms with van der Waals surface area (Å²) in [7, 11) is 0. The predicted molar refractivity (Wildman–Crippen MR) is 58.5 cm³/mol. The van der Waals surface area contributed by atoms with Crippen molar-refractivity contribution in [3.8, 4) is 6.07 Å². The molecule has 0 amide bonds. The minimum absolute atomic E-state index is 0.0220. The molecule has 0 saturated heterocycles. The van der Waals surface area contributed by atoms with Gasteiger partial charge in [-0.25, -0.2) is 4.98 Å². The molecule has 0 aliphatic carbocycles. The van der Waals surface area contributed by atoms with Crippen LogP contribution in [0.3, 0.4) is 0 Å². The van der Waals surface area contributed by atoms with Gasteiger partial charge in [-0.05, 0) is 19.1 Å². The van der Waals surface area contributed by atoms with Gasteiger partial charge in [0.2, 0.25) is 0 Å². The van der Waals surface area contributed by atoms with E-state index in [1.807, 2.05) is 6.07 Å². The van der Waals surface area contributed by atoms with E-state index in [1.54, 1.807) is 25.1 Å². The number of rotatable bonds is 2. The fraction of sp³-hybridized carbons (Fsp3) is 0.100. The van der Waals surface area contributed by atoms with E-state index >= 15 is 0 Å². The summed E-state index contributed by atoms with van der Waals surface area (Å²) in [6, 6.07) is 6.70. The molecule has 0 saturated carbocycles. The van der Waals surface area contributed by atoms with E-state index in [4.69, 9.17) is 28.0 Å². The van der Waals surface area contributed by atoms with E-state index in [2.05, 4.69) is 4.98 Å². The second kappa shape index (κ2) is 4.58. The Morgan fingerprint density at radius 2 is 2.27 bits per heavy atom. The number of nitrogens with zero attached hydrogens (tertiary/aromatic N) is 2. The second-order valence-electron chi connectivity index (χ2n) is 2.89. The summed E-state index contributed by atoms with van der Waals surface area (Å²) in [5.74, 6) is 0. The molecule has 76 valence electrons. The van der Waals surface area contributed by atoms with Crippen LogP contribution in [0.2, 0.25) is 0 Å². The van der Waals surface area contributed by atoms with Gasteiger partial charge < -0.3 is 5.73 Å². The van der Waals surface area contributed by atoms with Crippen LogP contribution < -0.4 is 5.73 Å². The Kier molecular flexibility index (Phi) is 3.42. The first kappa shape index (κ1) is 11.2. The van der Waals surface area contributed by atoms with Crippen molar-refractivity contribution in [1.29, 1.82) is 10.7 Å². The second-order valence-corrected chi connectivity index (χ2v) is 3.27. The molecule has 1 rings (SSSR count). The van der Waals surface area contributed by atoms with Gasteiger partial charge in [0, 0.05) is 5.70 Å².